The van der Waals surface area contributed by atoms with E-state index in [4.69, 9.17) is 9.47 Å². The van der Waals surface area contributed by atoms with Crippen LogP contribution >= 0.6 is 0 Å². The van der Waals surface area contributed by atoms with Crippen molar-refractivity contribution in [1.29, 1.82) is 0 Å². The third kappa shape index (κ3) is 7.69. The predicted molar refractivity (Wildman–Crippen MR) is 47.2 cm³/mol. The van der Waals surface area contributed by atoms with Crippen LogP contribution in [0, 0.1) is 0 Å². The molecular weight excluding hydrogens is 156 g/mol. The maximum atomic E-state index is 10.7. The Bertz CT molecular complexity index is 112. The van der Waals surface area contributed by atoms with Crippen LogP contribution in [0.25, 0.3) is 0 Å². The second-order valence-electron chi connectivity index (χ2n) is 2.56. The fourth-order valence-electron chi connectivity index (χ4n) is 0.652. The molecule has 0 amide bonds. The van der Waals surface area contributed by atoms with Gasteiger partial charge < -0.3 is 9.47 Å². The van der Waals surface area contributed by atoms with Gasteiger partial charge in [0.15, 0.2) is 5.78 Å². The largest absolute Gasteiger partial charge is 0.379 e. The van der Waals surface area contributed by atoms with Crippen molar-refractivity contribution in [3.05, 3.63) is 0 Å². The molecular formula is C9H18O3. The van der Waals surface area contributed by atoms with Crippen molar-refractivity contribution in [3.8, 4) is 0 Å². The van der Waals surface area contributed by atoms with Crippen molar-refractivity contribution in [2.45, 2.75) is 26.7 Å². The van der Waals surface area contributed by atoms with Crippen LogP contribution < -0.4 is 0 Å². The van der Waals surface area contributed by atoms with Crippen LogP contribution in [0.2, 0.25) is 0 Å². The first-order valence-corrected chi connectivity index (χ1v) is 4.48. The highest BCUT2D eigenvalue weighted by Gasteiger charge is 1.96. The molecule has 12 heavy (non-hydrogen) atoms. The molecule has 0 bridgehead atoms. The molecule has 0 N–H and O–H groups in total. The number of hydrogen-bond donors (Lipinski definition) is 0. The lowest BCUT2D eigenvalue weighted by Gasteiger charge is -2.02. The number of rotatable bonds is 8. The zero-order valence-electron chi connectivity index (χ0n) is 7.97. The van der Waals surface area contributed by atoms with Crippen molar-refractivity contribution >= 4 is 5.78 Å². The predicted octanol–water partition coefficient (Wildman–Crippen LogP) is 1.41. The molecule has 0 aliphatic carbocycles. The van der Waals surface area contributed by atoms with Crippen molar-refractivity contribution in [2.24, 2.45) is 0 Å². The molecule has 0 saturated carbocycles. The van der Waals surface area contributed by atoms with E-state index in [1.54, 1.807) is 0 Å². The molecule has 0 atom stereocenters. The molecule has 0 aliphatic rings. The van der Waals surface area contributed by atoms with Gasteiger partial charge in [-0.25, -0.2) is 0 Å². The normalized spacial score (nSPS) is 10.2. The molecule has 0 radical (unpaired) electrons. The van der Waals surface area contributed by atoms with Gasteiger partial charge in [-0.05, 0) is 6.42 Å². The van der Waals surface area contributed by atoms with Crippen molar-refractivity contribution in [2.75, 3.05) is 26.4 Å². The molecule has 0 saturated heterocycles. The Morgan fingerprint density at radius 1 is 1.08 bits per heavy atom. The van der Waals surface area contributed by atoms with Gasteiger partial charge in [0, 0.05) is 13.0 Å². The van der Waals surface area contributed by atoms with E-state index in [9.17, 15) is 4.79 Å². The van der Waals surface area contributed by atoms with E-state index in [1.807, 2.05) is 6.92 Å². The zero-order valence-corrected chi connectivity index (χ0v) is 7.97. The quantitative estimate of drug-likeness (QED) is 0.522. The average molecular weight is 174 g/mol. The van der Waals surface area contributed by atoms with Crippen LogP contribution in [-0.2, 0) is 14.3 Å². The Morgan fingerprint density at radius 3 is 2.33 bits per heavy atom. The first kappa shape index (κ1) is 11.6. The van der Waals surface area contributed by atoms with Crippen molar-refractivity contribution in [3.63, 3.8) is 0 Å². The second kappa shape index (κ2) is 8.68. The maximum absolute atomic E-state index is 10.7. The minimum absolute atomic E-state index is 0.144. The third-order valence-corrected chi connectivity index (χ3v) is 1.38. The summed E-state index contributed by atoms with van der Waals surface area (Å²) in [4.78, 5) is 10.7. The minimum atomic E-state index is 0.144. The highest BCUT2D eigenvalue weighted by atomic mass is 16.5. The molecule has 0 aromatic heterocycles. The van der Waals surface area contributed by atoms with Gasteiger partial charge in [0.05, 0.1) is 13.2 Å². The van der Waals surface area contributed by atoms with Gasteiger partial charge in [-0.1, -0.05) is 13.8 Å². The van der Waals surface area contributed by atoms with E-state index in [0.29, 0.717) is 19.6 Å². The molecule has 3 heteroatoms. The van der Waals surface area contributed by atoms with E-state index in [2.05, 4.69) is 6.92 Å². The lowest BCUT2D eigenvalue weighted by molar-refractivity contribution is -0.123. The molecule has 0 aliphatic heterocycles. The Morgan fingerprint density at radius 2 is 1.75 bits per heavy atom. The van der Waals surface area contributed by atoms with Crippen molar-refractivity contribution in [1.82, 2.24) is 0 Å². The molecule has 0 spiro atoms. The zero-order chi connectivity index (χ0) is 9.23. The number of Topliss-reactive ketones (excluding diaryl/α,β-unsaturated/α-hetero) is 1. The van der Waals surface area contributed by atoms with Gasteiger partial charge in [-0.15, -0.1) is 0 Å². The van der Waals surface area contributed by atoms with Crippen LogP contribution in [-0.4, -0.2) is 32.2 Å². The van der Waals surface area contributed by atoms with E-state index >= 15 is 0 Å². The van der Waals surface area contributed by atoms with Crippen molar-refractivity contribution < 1.29 is 14.3 Å². The van der Waals surface area contributed by atoms with Crippen LogP contribution in [0.5, 0.6) is 0 Å². The standard InChI is InChI=1S/C9H18O3/c1-3-5-11-6-7-12-8-9(10)4-2/h3-8H2,1-2H3. The summed E-state index contributed by atoms with van der Waals surface area (Å²) >= 11 is 0. The number of carbonyl (C=O) groups is 1. The summed E-state index contributed by atoms with van der Waals surface area (Å²) in [6, 6.07) is 0. The van der Waals surface area contributed by atoms with Gasteiger partial charge >= 0.3 is 0 Å². The second-order valence-corrected chi connectivity index (χ2v) is 2.56. The summed E-state index contributed by atoms with van der Waals surface area (Å²) in [5, 5.41) is 0. The molecule has 0 fully saturated rings. The lowest BCUT2D eigenvalue weighted by atomic mass is 10.3. The Kier molecular flexibility index (Phi) is 8.39. The topological polar surface area (TPSA) is 35.5 Å². The summed E-state index contributed by atoms with van der Waals surface area (Å²) < 4.78 is 10.2. The minimum Gasteiger partial charge on any atom is -0.379 e. The summed E-state index contributed by atoms with van der Waals surface area (Å²) in [7, 11) is 0. The van der Waals surface area contributed by atoms with Crippen LogP contribution in [0.3, 0.4) is 0 Å². The first-order valence-electron chi connectivity index (χ1n) is 4.48. The van der Waals surface area contributed by atoms with E-state index in [0.717, 1.165) is 13.0 Å². The van der Waals surface area contributed by atoms with Gasteiger partial charge in [0.1, 0.15) is 6.61 Å². The highest BCUT2D eigenvalue weighted by Crippen LogP contribution is 1.85. The average Bonchev–Trinajstić information content (AvgIpc) is 2.10. The molecule has 0 rings (SSSR count). The Labute approximate surface area is 74.0 Å². The molecule has 0 aromatic carbocycles. The number of hydrogen-bond acceptors (Lipinski definition) is 3. The summed E-state index contributed by atoms with van der Waals surface area (Å²) in [6.45, 7) is 5.99. The number of carbonyl (C=O) groups excluding carboxylic acids is 1. The van der Waals surface area contributed by atoms with Gasteiger partial charge in [0.25, 0.3) is 0 Å². The van der Waals surface area contributed by atoms with E-state index in [-0.39, 0.29) is 12.4 Å². The summed E-state index contributed by atoms with van der Waals surface area (Å²) in [5.41, 5.74) is 0. The van der Waals surface area contributed by atoms with Gasteiger partial charge in [-0.3, -0.25) is 4.79 Å². The highest BCUT2D eigenvalue weighted by molar-refractivity contribution is 5.79. The Balaban J connectivity index is 2.95. The number of ketones is 1. The van der Waals surface area contributed by atoms with Gasteiger partial charge in [-0.2, -0.15) is 0 Å². The third-order valence-electron chi connectivity index (χ3n) is 1.38. The molecule has 72 valence electrons. The molecule has 0 aromatic rings. The van der Waals surface area contributed by atoms with Crippen LogP contribution in [0.1, 0.15) is 26.7 Å². The monoisotopic (exact) mass is 174 g/mol. The molecule has 0 unspecified atom stereocenters. The lowest BCUT2D eigenvalue weighted by Crippen LogP contribution is -2.11. The smallest absolute Gasteiger partial charge is 0.158 e. The molecule has 0 heterocycles. The van der Waals surface area contributed by atoms with Crippen LogP contribution in [0.15, 0.2) is 0 Å². The fourth-order valence-corrected chi connectivity index (χ4v) is 0.652. The summed E-state index contributed by atoms with van der Waals surface area (Å²) in [5.74, 6) is 0.144. The maximum Gasteiger partial charge on any atom is 0.158 e. The molecule has 3 nitrogen and oxygen atoms in total. The fraction of sp³-hybridized carbons (Fsp3) is 0.889. The van der Waals surface area contributed by atoms with Gasteiger partial charge in [0.2, 0.25) is 0 Å². The Hall–Kier alpha value is -0.410. The van der Waals surface area contributed by atoms with Crippen LogP contribution in [0.4, 0.5) is 0 Å². The van der Waals surface area contributed by atoms with E-state index in [1.165, 1.54) is 0 Å². The van der Waals surface area contributed by atoms with E-state index < -0.39 is 0 Å². The summed E-state index contributed by atoms with van der Waals surface area (Å²) in [6.07, 6.45) is 1.57. The SMILES string of the molecule is CCCOCCOCC(=O)CC. The first-order chi connectivity index (χ1) is 5.81. The number of ether oxygens (including phenoxy) is 2.